The van der Waals surface area contributed by atoms with Crippen LogP contribution in [0, 0.1) is 5.92 Å². The average Bonchev–Trinajstić information content (AvgIpc) is 2.38. The van der Waals surface area contributed by atoms with Gasteiger partial charge in [0.25, 0.3) is 0 Å². The van der Waals surface area contributed by atoms with E-state index in [0.717, 1.165) is 12.8 Å². The Balaban J connectivity index is 0. The predicted molar refractivity (Wildman–Crippen MR) is 84.5 cm³/mol. The molecule has 0 aliphatic heterocycles. The third-order valence-corrected chi connectivity index (χ3v) is 6.77. The highest BCUT2D eigenvalue weighted by molar-refractivity contribution is 7.70. The molecule has 8 N–H and O–H groups in total. The van der Waals surface area contributed by atoms with Gasteiger partial charge in [-0.2, -0.15) is 0 Å². The van der Waals surface area contributed by atoms with Crippen molar-refractivity contribution in [2.75, 3.05) is 6.54 Å². The van der Waals surface area contributed by atoms with Crippen molar-refractivity contribution in [1.29, 1.82) is 0 Å². The van der Waals surface area contributed by atoms with Crippen LogP contribution < -0.4 is 5.73 Å². The van der Waals surface area contributed by atoms with Crippen molar-refractivity contribution < 1.29 is 48.5 Å². The monoisotopic (exact) mass is 393 g/mol. The van der Waals surface area contributed by atoms with Gasteiger partial charge in [-0.1, -0.05) is 26.2 Å². The minimum absolute atomic E-state index is 0.180. The van der Waals surface area contributed by atoms with Crippen molar-refractivity contribution in [2.45, 2.75) is 44.4 Å². The van der Waals surface area contributed by atoms with Crippen LogP contribution in [0.3, 0.4) is 0 Å². The summed E-state index contributed by atoms with van der Waals surface area (Å²) in [7, 11) is -9.51. The highest BCUT2D eigenvalue weighted by Crippen LogP contribution is 2.60. The van der Waals surface area contributed by atoms with Gasteiger partial charge >= 0.3 is 27.1 Å². The Morgan fingerprint density at radius 2 is 1.33 bits per heavy atom. The molecule has 0 unspecified atom stereocenters. The highest BCUT2D eigenvalue weighted by Gasteiger charge is 2.42. The van der Waals surface area contributed by atoms with Gasteiger partial charge in [0, 0.05) is 0 Å². The standard InChI is InChI=1S/C8H14O4.C3H11NO6P2/c1-2-3-4-5-6(7(9)10)8(11)12;4-2-1-3(11(5,6)7)12(8,9)10/h6H,2-5H2,1H3,(H,9,10)(H,11,12);3H,1-2,4H2,(H2,5,6,7)(H2,8,9,10). The van der Waals surface area contributed by atoms with E-state index < -0.39 is 44.9 Å². The molecule has 0 rings (SSSR count). The predicted octanol–water partition coefficient (Wildman–Crippen LogP) is 0.369. The minimum atomic E-state index is -4.76. The SMILES string of the molecule is CCCCCC(C(=O)O)C(=O)O.NCCC(P(=O)(O)O)P(=O)(O)O. The number of unbranched alkanes of at least 4 members (excludes halogenated alkanes) is 2. The molecule has 0 aromatic carbocycles. The van der Waals surface area contributed by atoms with E-state index in [1.165, 1.54) is 0 Å². The lowest BCUT2D eigenvalue weighted by Crippen LogP contribution is -2.23. The molecule has 144 valence electrons. The summed E-state index contributed by atoms with van der Waals surface area (Å²) in [5.74, 6) is -3.70. The average molecular weight is 393 g/mol. The maximum absolute atomic E-state index is 10.5. The Hall–Kier alpha value is -0.800. The second kappa shape index (κ2) is 11.7. The molecule has 0 heterocycles. The zero-order valence-corrected chi connectivity index (χ0v) is 15.0. The van der Waals surface area contributed by atoms with Crippen molar-refractivity contribution in [1.82, 2.24) is 0 Å². The Morgan fingerprint density at radius 1 is 0.917 bits per heavy atom. The molecule has 24 heavy (non-hydrogen) atoms. The molecule has 0 aliphatic carbocycles. The van der Waals surface area contributed by atoms with Crippen molar-refractivity contribution in [3.05, 3.63) is 0 Å². The molecule has 0 saturated heterocycles. The summed E-state index contributed by atoms with van der Waals surface area (Å²) < 4.78 is 21.0. The van der Waals surface area contributed by atoms with Crippen LogP contribution in [0.1, 0.15) is 39.0 Å². The van der Waals surface area contributed by atoms with Gasteiger partial charge in [0.1, 0.15) is 0 Å². The van der Waals surface area contributed by atoms with E-state index in [2.05, 4.69) is 0 Å². The minimum Gasteiger partial charge on any atom is -0.481 e. The maximum atomic E-state index is 10.5. The van der Waals surface area contributed by atoms with Crippen LogP contribution in [0.2, 0.25) is 0 Å². The van der Waals surface area contributed by atoms with E-state index in [1.807, 2.05) is 6.92 Å². The number of carboxylic acids is 2. The molecule has 11 nitrogen and oxygen atoms in total. The Morgan fingerprint density at radius 3 is 1.54 bits per heavy atom. The first-order valence-electron chi connectivity index (χ1n) is 7.05. The molecular weight excluding hydrogens is 368 g/mol. The van der Waals surface area contributed by atoms with Crippen LogP contribution in [0.25, 0.3) is 0 Å². The summed E-state index contributed by atoms with van der Waals surface area (Å²) in [6, 6.07) is 0. The molecule has 0 amide bonds. The molecule has 0 bridgehead atoms. The van der Waals surface area contributed by atoms with Crippen LogP contribution in [0.5, 0.6) is 0 Å². The maximum Gasteiger partial charge on any atom is 0.340 e. The lowest BCUT2D eigenvalue weighted by atomic mass is 10.0. The molecular formula is C11H25NO10P2. The lowest BCUT2D eigenvalue weighted by Gasteiger charge is -2.18. The third-order valence-electron chi connectivity index (χ3n) is 2.89. The number of nitrogens with two attached hydrogens (primary N) is 1. The van der Waals surface area contributed by atoms with Gasteiger partial charge in [0.05, 0.1) is 0 Å². The Bertz CT molecular complexity index is 449. The number of aliphatic carboxylic acids is 2. The summed E-state index contributed by atoms with van der Waals surface area (Å²) in [5, 5.41) is 15.0. The lowest BCUT2D eigenvalue weighted by molar-refractivity contribution is -0.154. The Kier molecular flexibility index (Phi) is 12.4. The molecule has 0 fully saturated rings. The van der Waals surface area contributed by atoms with Crippen LogP contribution in [-0.4, -0.2) is 53.7 Å². The Labute approximate surface area is 139 Å². The first kappa shape index (κ1) is 25.4. The normalized spacial score (nSPS) is 12.0. The quantitative estimate of drug-likeness (QED) is 0.153. The van der Waals surface area contributed by atoms with Crippen molar-refractivity contribution >= 4 is 27.1 Å². The highest BCUT2D eigenvalue weighted by atomic mass is 31.2. The van der Waals surface area contributed by atoms with Crippen LogP contribution in [0.4, 0.5) is 0 Å². The van der Waals surface area contributed by atoms with E-state index in [9.17, 15) is 18.7 Å². The number of hydrogen-bond donors (Lipinski definition) is 7. The second-order valence-corrected chi connectivity index (χ2v) is 8.97. The van der Waals surface area contributed by atoms with Gasteiger partial charge in [-0.25, -0.2) is 0 Å². The molecule has 0 atom stereocenters. The first-order valence-corrected chi connectivity index (χ1v) is 10.4. The molecule has 0 spiro atoms. The topological polar surface area (TPSA) is 216 Å². The van der Waals surface area contributed by atoms with Gasteiger partial charge in [-0.15, -0.1) is 0 Å². The largest absolute Gasteiger partial charge is 0.481 e. The summed E-state index contributed by atoms with van der Waals surface area (Å²) in [6.45, 7) is 1.80. The second-order valence-electron chi connectivity index (χ2n) is 4.96. The van der Waals surface area contributed by atoms with Gasteiger partial charge < -0.3 is 35.5 Å². The van der Waals surface area contributed by atoms with Crippen molar-refractivity contribution in [3.63, 3.8) is 0 Å². The van der Waals surface area contributed by atoms with Crippen LogP contribution in [-0.2, 0) is 18.7 Å². The van der Waals surface area contributed by atoms with Crippen molar-refractivity contribution in [2.24, 2.45) is 11.7 Å². The fourth-order valence-corrected chi connectivity index (χ4v) is 4.17. The van der Waals surface area contributed by atoms with Crippen LogP contribution in [0.15, 0.2) is 0 Å². The summed E-state index contributed by atoms with van der Waals surface area (Å²) >= 11 is 0. The molecule has 0 saturated carbocycles. The van der Waals surface area contributed by atoms with Gasteiger partial charge in [-0.3, -0.25) is 18.7 Å². The first-order chi connectivity index (χ1) is 10.8. The molecule has 0 aromatic heterocycles. The van der Waals surface area contributed by atoms with Crippen molar-refractivity contribution in [3.8, 4) is 0 Å². The smallest absolute Gasteiger partial charge is 0.340 e. The third kappa shape index (κ3) is 11.7. The number of hydrogen-bond acceptors (Lipinski definition) is 5. The van der Waals surface area contributed by atoms with Gasteiger partial charge in [-0.05, 0) is 19.4 Å². The van der Waals surface area contributed by atoms with Gasteiger partial charge in [0.15, 0.2) is 11.3 Å². The van der Waals surface area contributed by atoms with Crippen LogP contribution >= 0.6 is 15.2 Å². The van der Waals surface area contributed by atoms with E-state index in [-0.39, 0.29) is 13.0 Å². The molecule has 0 aromatic rings. The number of carbonyl (C=O) groups is 2. The number of rotatable bonds is 10. The van der Waals surface area contributed by atoms with E-state index in [0.29, 0.717) is 6.42 Å². The van der Waals surface area contributed by atoms with Gasteiger partial charge in [0.2, 0.25) is 0 Å². The summed E-state index contributed by atoms with van der Waals surface area (Å²) in [5.41, 5.74) is 4.94. The summed E-state index contributed by atoms with van der Waals surface area (Å²) in [6.07, 6.45) is 2.36. The number of carboxylic acid groups (broad SMARTS) is 2. The zero-order valence-electron chi connectivity index (χ0n) is 13.2. The van der Waals surface area contributed by atoms with E-state index >= 15 is 0 Å². The van der Waals surface area contributed by atoms with E-state index in [1.54, 1.807) is 0 Å². The molecule has 0 aliphatic rings. The fraction of sp³-hybridized carbons (Fsp3) is 0.818. The fourth-order valence-electron chi connectivity index (χ4n) is 1.63. The van der Waals surface area contributed by atoms with E-state index in [4.69, 9.17) is 35.5 Å². The molecule has 0 radical (unpaired) electrons. The summed E-state index contributed by atoms with van der Waals surface area (Å²) in [4.78, 5) is 54.7. The molecule has 13 heteroatoms. The zero-order chi connectivity index (χ0) is 19.6.